The predicted octanol–water partition coefficient (Wildman–Crippen LogP) is 1.84. The fourth-order valence-electron chi connectivity index (χ4n) is 1.70. The average Bonchev–Trinajstić information content (AvgIpc) is 2.82. The molecule has 0 bridgehead atoms. The first-order chi connectivity index (χ1) is 8.66. The Labute approximate surface area is 104 Å². The molecule has 0 aliphatic carbocycles. The summed E-state index contributed by atoms with van der Waals surface area (Å²) in [6.45, 7) is 2.46. The number of hydrogen-bond acceptors (Lipinski definition) is 2. The fourth-order valence-corrected chi connectivity index (χ4v) is 1.70. The van der Waals surface area contributed by atoms with Crippen molar-refractivity contribution in [1.29, 1.82) is 0 Å². The highest BCUT2D eigenvalue weighted by Crippen LogP contribution is 2.06. The molecule has 1 aromatic carbocycles. The summed E-state index contributed by atoms with van der Waals surface area (Å²) in [4.78, 5) is 15.7. The van der Waals surface area contributed by atoms with Gasteiger partial charge < -0.3 is 9.88 Å². The maximum atomic E-state index is 13.4. The number of nitrogens with zero attached hydrogens (tertiary/aromatic N) is 2. The third kappa shape index (κ3) is 2.94. The normalized spacial score (nSPS) is 12.1. The summed E-state index contributed by atoms with van der Waals surface area (Å²) in [6, 6.07) is 5.83. The van der Waals surface area contributed by atoms with Gasteiger partial charge in [0.2, 0.25) is 0 Å². The van der Waals surface area contributed by atoms with Crippen LogP contribution in [0, 0.1) is 5.82 Å². The van der Waals surface area contributed by atoms with E-state index in [1.54, 1.807) is 24.7 Å². The molecule has 2 rings (SSSR count). The lowest BCUT2D eigenvalue weighted by Crippen LogP contribution is -2.35. The maximum absolute atomic E-state index is 13.4. The second kappa shape index (κ2) is 5.44. The number of aromatic nitrogens is 2. The Morgan fingerprint density at radius 2 is 2.28 bits per heavy atom. The zero-order valence-electron chi connectivity index (χ0n) is 10.0. The first kappa shape index (κ1) is 12.3. The topological polar surface area (TPSA) is 46.9 Å². The van der Waals surface area contributed by atoms with Crippen molar-refractivity contribution in [1.82, 2.24) is 14.9 Å². The van der Waals surface area contributed by atoms with Crippen LogP contribution < -0.4 is 5.32 Å². The molecular weight excluding hydrogens is 233 g/mol. The van der Waals surface area contributed by atoms with E-state index < -0.39 is 11.7 Å². The highest BCUT2D eigenvalue weighted by atomic mass is 19.1. The highest BCUT2D eigenvalue weighted by molar-refractivity contribution is 5.94. The van der Waals surface area contributed by atoms with Crippen molar-refractivity contribution in [3.63, 3.8) is 0 Å². The summed E-state index contributed by atoms with van der Waals surface area (Å²) < 4.78 is 15.2. The molecule has 1 atom stereocenters. The minimum absolute atomic E-state index is 0.0648. The standard InChI is InChI=1S/C13H14FN3O/c1-10(8-17-7-6-15-9-17)16-13(18)11-4-2-3-5-12(11)14/h2-7,9-10H,8H2,1H3,(H,16,18). The van der Waals surface area contributed by atoms with Gasteiger partial charge in [0, 0.05) is 25.0 Å². The lowest BCUT2D eigenvalue weighted by Gasteiger charge is -2.14. The molecule has 1 amide bonds. The third-order valence-electron chi connectivity index (χ3n) is 2.54. The lowest BCUT2D eigenvalue weighted by molar-refractivity contribution is 0.0932. The lowest BCUT2D eigenvalue weighted by atomic mass is 10.2. The number of rotatable bonds is 4. The minimum Gasteiger partial charge on any atom is -0.348 e. The summed E-state index contributed by atoms with van der Waals surface area (Å²) in [6.07, 6.45) is 5.16. The van der Waals surface area contributed by atoms with Crippen molar-refractivity contribution in [2.24, 2.45) is 0 Å². The number of carbonyl (C=O) groups is 1. The average molecular weight is 247 g/mol. The zero-order chi connectivity index (χ0) is 13.0. The van der Waals surface area contributed by atoms with Crippen LogP contribution in [0.4, 0.5) is 4.39 Å². The molecule has 94 valence electrons. The van der Waals surface area contributed by atoms with E-state index in [-0.39, 0.29) is 11.6 Å². The molecule has 0 spiro atoms. The van der Waals surface area contributed by atoms with Crippen LogP contribution in [0.25, 0.3) is 0 Å². The summed E-state index contributed by atoms with van der Waals surface area (Å²) >= 11 is 0. The van der Waals surface area contributed by atoms with Gasteiger partial charge in [0.1, 0.15) is 5.82 Å². The first-order valence-corrected chi connectivity index (χ1v) is 5.68. The molecule has 1 aromatic heterocycles. The zero-order valence-corrected chi connectivity index (χ0v) is 10.0. The van der Waals surface area contributed by atoms with E-state index >= 15 is 0 Å². The number of halogens is 1. The number of hydrogen-bond donors (Lipinski definition) is 1. The molecule has 0 fully saturated rings. The quantitative estimate of drug-likeness (QED) is 0.896. The monoisotopic (exact) mass is 247 g/mol. The summed E-state index contributed by atoms with van der Waals surface area (Å²) in [5.41, 5.74) is 0.0648. The van der Waals surface area contributed by atoms with E-state index in [4.69, 9.17) is 0 Å². The number of benzene rings is 1. The number of imidazole rings is 1. The molecule has 5 heteroatoms. The van der Waals surface area contributed by atoms with Crippen LogP contribution in [-0.2, 0) is 6.54 Å². The van der Waals surface area contributed by atoms with Gasteiger partial charge in [-0.05, 0) is 19.1 Å². The van der Waals surface area contributed by atoms with Gasteiger partial charge in [0.25, 0.3) is 5.91 Å². The molecule has 0 radical (unpaired) electrons. The van der Waals surface area contributed by atoms with E-state index in [9.17, 15) is 9.18 Å². The molecule has 1 N–H and O–H groups in total. The van der Waals surface area contributed by atoms with Crippen LogP contribution >= 0.6 is 0 Å². The van der Waals surface area contributed by atoms with Crippen molar-refractivity contribution >= 4 is 5.91 Å². The van der Waals surface area contributed by atoms with Crippen LogP contribution in [0.2, 0.25) is 0 Å². The Bertz CT molecular complexity index is 525. The number of amides is 1. The second-order valence-corrected chi connectivity index (χ2v) is 4.11. The van der Waals surface area contributed by atoms with Crippen molar-refractivity contribution in [3.05, 3.63) is 54.4 Å². The molecule has 4 nitrogen and oxygen atoms in total. The van der Waals surface area contributed by atoms with Gasteiger partial charge in [-0.15, -0.1) is 0 Å². The third-order valence-corrected chi connectivity index (χ3v) is 2.54. The van der Waals surface area contributed by atoms with Crippen molar-refractivity contribution in [2.75, 3.05) is 0 Å². The molecule has 1 heterocycles. The van der Waals surface area contributed by atoms with Gasteiger partial charge in [-0.2, -0.15) is 0 Å². The van der Waals surface area contributed by atoms with Crippen LogP contribution in [0.1, 0.15) is 17.3 Å². The Morgan fingerprint density at radius 3 is 2.94 bits per heavy atom. The first-order valence-electron chi connectivity index (χ1n) is 5.68. The molecule has 0 saturated carbocycles. The van der Waals surface area contributed by atoms with Crippen molar-refractivity contribution in [2.45, 2.75) is 19.5 Å². The molecule has 18 heavy (non-hydrogen) atoms. The SMILES string of the molecule is CC(Cn1ccnc1)NC(=O)c1ccccc1F. The van der Waals surface area contributed by atoms with Crippen molar-refractivity contribution < 1.29 is 9.18 Å². The van der Waals surface area contributed by atoms with E-state index in [1.807, 2.05) is 17.7 Å². The predicted molar refractivity (Wildman–Crippen MR) is 65.6 cm³/mol. The molecule has 1 unspecified atom stereocenters. The second-order valence-electron chi connectivity index (χ2n) is 4.11. The Morgan fingerprint density at radius 1 is 1.50 bits per heavy atom. The number of nitrogens with one attached hydrogen (secondary N) is 1. The van der Waals surface area contributed by atoms with E-state index in [1.165, 1.54) is 12.1 Å². The van der Waals surface area contributed by atoms with Gasteiger partial charge in [0.05, 0.1) is 11.9 Å². The fraction of sp³-hybridized carbons (Fsp3) is 0.231. The van der Waals surface area contributed by atoms with Crippen LogP contribution in [0.5, 0.6) is 0 Å². The largest absolute Gasteiger partial charge is 0.348 e. The van der Waals surface area contributed by atoms with Gasteiger partial charge >= 0.3 is 0 Å². The Hall–Kier alpha value is -2.17. The number of carbonyl (C=O) groups excluding carboxylic acids is 1. The van der Waals surface area contributed by atoms with E-state index in [0.29, 0.717) is 6.54 Å². The van der Waals surface area contributed by atoms with Gasteiger partial charge in [-0.25, -0.2) is 9.37 Å². The molecular formula is C13H14FN3O. The smallest absolute Gasteiger partial charge is 0.254 e. The Balaban J connectivity index is 1.97. The van der Waals surface area contributed by atoms with Crippen LogP contribution in [0.15, 0.2) is 43.0 Å². The highest BCUT2D eigenvalue weighted by Gasteiger charge is 2.13. The van der Waals surface area contributed by atoms with Gasteiger partial charge in [0.15, 0.2) is 0 Å². The van der Waals surface area contributed by atoms with Gasteiger partial charge in [-0.3, -0.25) is 4.79 Å². The van der Waals surface area contributed by atoms with Crippen LogP contribution in [0.3, 0.4) is 0 Å². The van der Waals surface area contributed by atoms with Gasteiger partial charge in [-0.1, -0.05) is 12.1 Å². The summed E-state index contributed by atoms with van der Waals surface area (Å²) in [7, 11) is 0. The van der Waals surface area contributed by atoms with Crippen LogP contribution in [-0.4, -0.2) is 21.5 Å². The maximum Gasteiger partial charge on any atom is 0.254 e. The van der Waals surface area contributed by atoms with E-state index in [0.717, 1.165) is 0 Å². The molecule has 0 aliphatic heterocycles. The van der Waals surface area contributed by atoms with Crippen molar-refractivity contribution in [3.8, 4) is 0 Å². The molecule has 0 aliphatic rings. The summed E-state index contributed by atoms with van der Waals surface area (Å²) in [5.74, 6) is -0.912. The summed E-state index contributed by atoms with van der Waals surface area (Å²) in [5, 5.41) is 2.75. The molecule has 0 saturated heterocycles. The molecule has 2 aromatic rings. The minimum atomic E-state index is -0.509. The van der Waals surface area contributed by atoms with E-state index in [2.05, 4.69) is 10.3 Å². The Kier molecular flexibility index (Phi) is 3.72.